The minimum absolute atomic E-state index is 0.142. The number of carbonyl (C=O) groups excluding carboxylic acids is 3. The highest BCUT2D eigenvalue weighted by Crippen LogP contribution is 2.69. The maximum atomic E-state index is 13.7. The summed E-state index contributed by atoms with van der Waals surface area (Å²) in [6, 6.07) is 26.3. The number of benzene rings is 3. The minimum atomic E-state index is -1.05. The molecule has 5 heteroatoms. The molecule has 3 amide bonds. The molecule has 30 heavy (non-hydrogen) atoms. The monoisotopic (exact) mass is 394 g/mol. The van der Waals surface area contributed by atoms with Crippen molar-refractivity contribution in [2.75, 3.05) is 9.80 Å². The highest BCUT2D eigenvalue weighted by atomic mass is 16.2. The molecule has 0 N–H and O–H groups in total. The van der Waals surface area contributed by atoms with Crippen molar-refractivity contribution in [2.45, 2.75) is 12.0 Å². The van der Waals surface area contributed by atoms with Crippen molar-refractivity contribution in [2.24, 2.45) is 11.8 Å². The Hall–Kier alpha value is -3.73. The molecule has 146 valence electrons. The fourth-order valence-corrected chi connectivity index (χ4v) is 5.31. The molecule has 6 rings (SSSR count). The Kier molecular flexibility index (Phi) is 3.37. The molecule has 2 aliphatic heterocycles. The molecule has 1 spiro atoms. The summed E-state index contributed by atoms with van der Waals surface area (Å²) in [5.41, 5.74) is 2.12. The lowest BCUT2D eigenvalue weighted by Gasteiger charge is -2.23. The van der Waals surface area contributed by atoms with E-state index in [2.05, 4.69) is 0 Å². The Morgan fingerprint density at radius 3 is 1.93 bits per heavy atom. The van der Waals surface area contributed by atoms with Crippen LogP contribution in [0.25, 0.3) is 0 Å². The summed E-state index contributed by atoms with van der Waals surface area (Å²) in [6.07, 6.45) is 0. The Balaban J connectivity index is 1.41. The Morgan fingerprint density at radius 1 is 0.700 bits per heavy atom. The van der Waals surface area contributed by atoms with Gasteiger partial charge in [0.2, 0.25) is 17.7 Å². The van der Waals surface area contributed by atoms with Gasteiger partial charge in [-0.1, -0.05) is 66.7 Å². The molecule has 2 fully saturated rings. The van der Waals surface area contributed by atoms with Crippen molar-refractivity contribution in [1.29, 1.82) is 0 Å². The van der Waals surface area contributed by atoms with Gasteiger partial charge in [0.25, 0.3) is 0 Å². The Morgan fingerprint density at radius 2 is 1.27 bits per heavy atom. The number of hydrogen-bond acceptors (Lipinski definition) is 3. The third-order valence-electron chi connectivity index (χ3n) is 6.62. The van der Waals surface area contributed by atoms with Crippen molar-refractivity contribution in [3.8, 4) is 0 Å². The summed E-state index contributed by atoms with van der Waals surface area (Å²) in [6.45, 7) is 0.419. The number of carbonyl (C=O) groups is 3. The lowest BCUT2D eigenvalue weighted by Crippen LogP contribution is -2.43. The van der Waals surface area contributed by atoms with Crippen molar-refractivity contribution < 1.29 is 14.4 Å². The van der Waals surface area contributed by atoms with E-state index < -0.39 is 17.3 Å². The first-order chi connectivity index (χ1) is 14.7. The van der Waals surface area contributed by atoms with Gasteiger partial charge in [-0.3, -0.25) is 14.4 Å². The van der Waals surface area contributed by atoms with E-state index in [1.54, 1.807) is 29.2 Å². The van der Waals surface area contributed by atoms with E-state index in [9.17, 15) is 14.4 Å². The Labute approximate surface area is 173 Å². The Bertz CT molecular complexity index is 1180. The number of fused-ring (bicyclic) bond motifs is 5. The number of amides is 3. The predicted octanol–water partition coefficient (Wildman–Crippen LogP) is 3.29. The van der Waals surface area contributed by atoms with Gasteiger partial charge >= 0.3 is 0 Å². The number of anilines is 2. The second-order valence-corrected chi connectivity index (χ2v) is 8.07. The average molecular weight is 394 g/mol. The molecule has 3 aliphatic rings. The van der Waals surface area contributed by atoms with Gasteiger partial charge in [-0.25, -0.2) is 4.90 Å². The summed E-state index contributed by atoms with van der Waals surface area (Å²) in [5, 5.41) is 0. The summed E-state index contributed by atoms with van der Waals surface area (Å²) in [5.74, 6) is -1.95. The zero-order valence-electron chi connectivity index (χ0n) is 16.1. The van der Waals surface area contributed by atoms with Crippen LogP contribution in [-0.2, 0) is 26.3 Å². The zero-order valence-corrected chi connectivity index (χ0v) is 16.1. The van der Waals surface area contributed by atoms with Gasteiger partial charge in [0.1, 0.15) is 5.41 Å². The van der Waals surface area contributed by atoms with Crippen LogP contribution in [0.4, 0.5) is 11.4 Å². The van der Waals surface area contributed by atoms with Gasteiger partial charge in [-0.15, -0.1) is 0 Å². The van der Waals surface area contributed by atoms with E-state index >= 15 is 0 Å². The summed E-state index contributed by atoms with van der Waals surface area (Å²) >= 11 is 0. The van der Waals surface area contributed by atoms with Gasteiger partial charge in [-0.05, 0) is 29.3 Å². The van der Waals surface area contributed by atoms with E-state index in [0.29, 0.717) is 12.2 Å². The molecule has 3 atom stereocenters. The van der Waals surface area contributed by atoms with Crippen molar-refractivity contribution >= 4 is 29.1 Å². The van der Waals surface area contributed by atoms with E-state index in [-0.39, 0.29) is 17.7 Å². The molecule has 1 saturated heterocycles. The smallest absolute Gasteiger partial charge is 0.239 e. The molecular weight excluding hydrogens is 376 g/mol. The molecule has 2 heterocycles. The van der Waals surface area contributed by atoms with Crippen LogP contribution in [0.15, 0.2) is 84.9 Å². The first-order valence-corrected chi connectivity index (χ1v) is 10.0. The van der Waals surface area contributed by atoms with E-state index in [1.807, 2.05) is 60.7 Å². The normalized spacial score (nSPS) is 26.3. The van der Waals surface area contributed by atoms with Crippen molar-refractivity contribution in [3.05, 3.63) is 96.1 Å². The molecule has 5 nitrogen and oxygen atoms in total. The second-order valence-electron chi connectivity index (χ2n) is 8.07. The molecule has 1 unspecified atom stereocenters. The standard InChI is InChI=1S/C25H18N2O3/c28-22-20-21(23(29)27(22)17-11-5-2-6-12-17)25(20)18-13-7-8-14-19(18)26(24(25)30)15-16-9-3-1-4-10-16/h1-14,20-21H,15H2/t20-,21+,25?. The first-order valence-electron chi connectivity index (χ1n) is 10.0. The van der Waals surface area contributed by atoms with Crippen LogP contribution in [0.5, 0.6) is 0 Å². The molecule has 1 aliphatic carbocycles. The number of piperidine rings is 1. The van der Waals surface area contributed by atoms with Crippen LogP contribution in [0, 0.1) is 11.8 Å². The summed E-state index contributed by atoms with van der Waals surface area (Å²) in [7, 11) is 0. The van der Waals surface area contributed by atoms with Gasteiger partial charge in [0.05, 0.1) is 24.1 Å². The SMILES string of the molecule is O=C1[C@@H]2[C@H](C(=O)N1c1ccccc1)C21C(=O)N(Cc2ccccc2)c2ccccc21. The zero-order chi connectivity index (χ0) is 20.5. The van der Waals surface area contributed by atoms with Crippen LogP contribution in [0.2, 0.25) is 0 Å². The molecule has 0 aromatic heterocycles. The first kappa shape index (κ1) is 17.2. The molecular formula is C25H18N2O3. The van der Waals surface area contributed by atoms with E-state index in [1.165, 1.54) is 4.90 Å². The lowest BCUT2D eigenvalue weighted by atomic mass is 9.91. The highest BCUT2D eigenvalue weighted by molar-refractivity contribution is 6.32. The predicted molar refractivity (Wildman–Crippen MR) is 112 cm³/mol. The van der Waals surface area contributed by atoms with Crippen LogP contribution >= 0.6 is 0 Å². The highest BCUT2D eigenvalue weighted by Gasteiger charge is 2.84. The summed E-state index contributed by atoms with van der Waals surface area (Å²) < 4.78 is 0. The van der Waals surface area contributed by atoms with E-state index in [4.69, 9.17) is 0 Å². The fourth-order valence-electron chi connectivity index (χ4n) is 5.31. The third-order valence-corrected chi connectivity index (χ3v) is 6.62. The van der Waals surface area contributed by atoms with Crippen LogP contribution in [0.3, 0.4) is 0 Å². The number of hydrogen-bond donors (Lipinski definition) is 0. The van der Waals surface area contributed by atoms with Gasteiger partial charge in [0, 0.05) is 5.69 Å². The van der Waals surface area contributed by atoms with E-state index in [0.717, 1.165) is 16.8 Å². The van der Waals surface area contributed by atoms with Crippen LogP contribution < -0.4 is 9.80 Å². The molecule has 3 aromatic rings. The fraction of sp³-hybridized carbons (Fsp3) is 0.160. The largest absolute Gasteiger partial charge is 0.307 e. The molecule has 0 bridgehead atoms. The average Bonchev–Trinajstić information content (AvgIpc) is 3.34. The third kappa shape index (κ3) is 1.99. The number of imide groups is 1. The number of para-hydroxylation sites is 2. The minimum Gasteiger partial charge on any atom is -0.307 e. The maximum absolute atomic E-state index is 13.7. The van der Waals surface area contributed by atoms with Crippen LogP contribution in [-0.4, -0.2) is 17.7 Å². The quantitative estimate of drug-likeness (QED) is 0.641. The van der Waals surface area contributed by atoms with Crippen LogP contribution in [0.1, 0.15) is 11.1 Å². The van der Waals surface area contributed by atoms with Gasteiger partial charge in [-0.2, -0.15) is 0 Å². The van der Waals surface area contributed by atoms with Gasteiger partial charge in [0.15, 0.2) is 0 Å². The van der Waals surface area contributed by atoms with Crippen molar-refractivity contribution in [3.63, 3.8) is 0 Å². The topological polar surface area (TPSA) is 57.7 Å². The maximum Gasteiger partial charge on any atom is 0.239 e. The van der Waals surface area contributed by atoms with Crippen molar-refractivity contribution in [1.82, 2.24) is 0 Å². The number of rotatable bonds is 3. The molecule has 3 aromatic carbocycles. The molecule has 1 saturated carbocycles. The van der Waals surface area contributed by atoms with Gasteiger partial charge < -0.3 is 4.90 Å². The molecule has 0 radical (unpaired) electrons. The summed E-state index contributed by atoms with van der Waals surface area (Å²) in [4.78, 5) is 43.2. The number of nitrogens with zero attached hydrogens (tertiary/aromatic N) is 2. The second kappa shape index (κ2) is 5.89. The lowest BCUT2D eigenvalue weighted by molar-refractivity contribution is -0.129.